The molecule has 1 aliphatic rings. The van der Waals surface area contributed by atoms with E-state index in [0.29, 0.717) is 13.1 Å². The van der Waals surface area contributed by atoms with Crippen molar-refractivity contribution in [2.75, 3.05) is 19.7 Å². The molecule has 0 aromatic heterocycles. The van der Waals surface area contributed by atoms with Gasteiger partial charge in [0.05, 0.1) is 6.61 Å². The van der Waals surface area contributed by atoms with E-state index >= 15 is 0 Å². The number of likely N-dealkylation sites (tertiary alicyclic amines) is 1. The summed E-state index contributed by atoms with van der Waals surface area (Å²) < 4.78 is 0. The largest absolute Gasteiger partial charge is 0.480 e. The highest BCUT2D eigenvalue weighted by molar-refractivity contribution is 5.82. The van der Waals surface area contributed by atoms with Crippen molar-refractivity contribution in [2.45, 2.75) is 38.1 Å². The van der Waals surface area contributed by atoms with E-state index in [-0.39, 0.29) is 0 Å². The Morgan fingerprint density at radius 1 is 1.12 bits per heavy atom. The summed E-state index contributed by atoms with van der Waals surface area (Å²) in [6, 6.07) is -1.61. The van der Waals surface area contributed by atoms with Crippen molar-refractivity contribution in [3.63, 3.8) is 0 Å². The van der Waals surface area contributed by atoms with Gasteiger partial charge in [0.2, 0.25) is 0 Å². The molecular formula is C11H20N2O4. The molecule has 1 atom stereocenters. The summed E-state index contributed by atoms with van der Waals surface area (Å²) in [4.78, 5) is 24.1. The summed E-state index contributed by atoms with van der Waals surface area (Å²) >= 11 is 0. The lowest BCUT2D eigenvalue weighted by Crippen LogP contribution is -2.50. The minimum absolute atomic E-state index is 0.395. The standard InChI is InChI=1S/C11H20N2O4/c14-8-9(10(15)16)12-11(17)13-6-4-2-1-3-5-7-13/h9,14H,1-8H2,(H,12,17)(H,15,16). The third-order valence-corrected chi connectivity index (χ3v) is 2.92. The number of carbonyl (C=O) groups is 2. The van der Waals surface area contributed by atoms with Crippen molar-refractivity contribution in [1.29, 1.82) is 0 Å². The summed E-state index contributed by atoms with van der Waals surface area (Å²) in [5, 5.41) is 19.9. The number of amides is 2. The molecular weight excluding hydrogens is 224 g/mol. The maximum absolute atomic E-state index is 11.8. The third kappa shape index (κ3) is 4.60. The van der Waals surface area contributed by atoms with E-state index in [2.05, 4.69) is 5.32 Å². The molecule has 98 valence electrons. The zero-order chi connectivity index (χ0) is 12.7. The predicted molar refractivity (Wildman–Crippen MR) is 61.7 cm³/mol. The van der Waals surface area contributed by atoms with Crippen molar-refractivity contribution in [3.05, 3.63) is 0 Å². The number of carboxylic acid groups (broad SMARTS) is 1. The molecule has 6 heteroatoms. The lowest BCUT2D eigenvalue weighted by atomic mass is 10.1. The van der Waals surface area contributed by atoms with Crippen molar-refractivity contribution < 1.29 is 19.8 Å². The van der Waals surface area contributed by atoms with Crippen LogP contribution in [-0.2, 0) is 4.79 Å². The fraction of sp³-hybridized carbons (Fsp3) is 0.818. The molecule has 0 aromatic carbocycles. The average Bonchev–Trinajstić information content (AvgIpc) is 2.24. The van der Waals surface area contributed by atoms with E-state index in [1.165, 1.54) is 6.42 Å². The molecule has 1 unspecified atom stereocenters. The average molecular weight is 244 g/mol. The second-order valence-corrected chi connectivity index (χ2v) is 4.28. The lowest BCUT2D eigenvalue weighted by Gasteiger charge is -2.26. The van der Waals surface area contributed by atoms with Crippen LogP contribution in [-0.4, -0.2) is 52.9 Å². The summed E-state index contributed by atoms with van der Waals surface area (Å²) in [5.74, 6) is -1.21. The third-order valence-electron chi connectivity index (χ3n) is 2.92. The highest BCUT2D eigenvalue weighted by Gasteiger charge is 2.22. The van der Waals surface area contributed by atoms with E-state index in [4.69, 9.17) is 10.2 Å². The molecule has 6 nitrogen and oxygen atoms in total. The van der Waals surface area contributed by atoms with Crippen LogP contribution in [0.1, 0.15) is 32.1 Å². The summed E-state index contributed by atoms with van der Waals surface area (Å²) in [6.45, 7) is 0.724. The van der Waals surface area contributed by atoms with Gasteiger partial charge in [0.25, 0.3) is 0 Å². The Labute approximate surface area is 101 Å². The first kappa shape index (κ1) is 13.8. The van der Waals surface area contributed by atoms with Crippen molar-refractivity contribution >= 4 is 12.0 Å². The van der Waals surface area contributed by atoms with Gasteiger partial charge in [0.15, 0.2) is 6.04 Å². The van der Waals surface area contributed by atoms with Crippen LogP contribution in [0, 0.1) is 0 Å². The molecule has 2 amide bonds. The Kier molecular flexibility index (Phi) is 5.76. The Morgan fingerprint density at radius 3 is 2.12 bits per heavy atom. The molecule has 0 spiro atoms. The molecule has 1 saturated heterocycles. The molecule has 0 saturated carbocycles. The zero-order valence-corrected chi connectivity index (χ0v) is 9.89. The molecule has 1 heterocycles. The molecule has 1 rings (SSSR count). The molecule has 17 heavy (non-hydrogen) atoms. The van der Waals surface area contributed by atoms with Gasteiger partial charge in [0, 0.05) is 13.1 Å². The van der Waals surface area contributed by atoms with Gasteiger partial charge < -0.3 is 20.4 Å². The van der Waals surface area contributed by atoms with Gasteiger partial charge in [-0.2, -0.15) is 0 Å². The number of carbonyl (C=O) groups excluding carboxylic acids is 1. The van der Waals surface area contributed by atoms with E-state index in [1.807, 2.05) is 0 Å². The number of carboxylic acids is 1. The van der Waals surface area contributed by atoms with E-state index in [1.54, 1.807) is 4.90 Å². The number of aliphatic hydroxyl groups excluding tert-OH is 1. The topological polar surface area (TPSA) is 89.9 Å². The smallest absolute Gasteiger partial charge is 0.328 e. The van der Waals surface area contributed by atoms with Crippen LogP contribution in [0.15, 0.2) is 0 Å². The van der Waals surface area contributed by atoms with Gasteiger partial charge in [-0.05, 0) is 12.8 Å². The molecule has 0 radical (unpaired) electrons. The number of urea groups is 1. The van der Waals surface area contributed by atoms with Crippen LogP contribution in [0.2, 0.25) is 0 Å². The second kappa shape index (κ2) is 7.11. The number of aliphatic carboxylic acids is 1. The van der Waals surface area contributed by atoms with Crippen LogP contribution in [0.5, 0.6) is 0 Å². The van der Waals surface area contributed by atoms with Gasteiger partial charge in [-0.15, -0.1) is 0 Å². The molecule has 0 aromatic rings. The normalized spacial score (nSPS) is 19.0. The van der Waals surface area contributed by atoms with Gasteiger partial charge in [-0.1, -0.05) is 19.3 Å². The quantitative estimate of drug-likeness (QED) is 0.670. The van der Waals surface area contributed by atoms with E-state index in [0.717, 1.165) is 25.7 Å². The lowest BCUT2D eigenvalue weighted by molar-refractivity contribution is -0.140. The highest BCUT2D eigenvalue weighted by atomic mass is 16.4. The number of nitrogens with one attached hydrogen (secondary N) is 1. The van der Waals surface area contributed by atoms with Crippen molar-refractivity contribution in [3.8, 4) is 0 Å². The number of hydrogen-bond donors (Lipinski definition) is 3. The van der Waals surface area contributed by atoms with Crippen molar-refractivity contribution in [2.24, 2.45) is 0 Å². The predicted octanol–water partition coefficient (Wildman–Crippen LogP) is 0.408. The molecule has 0 aliphatic carbocycles. The first-order valence-electron chi connectivity index (χ1n) is 6.04. The Balaban J connectivity index is 2.46. The van der Waals surface area contributed by atoms with Crippen LogP contribution in [0.3, 0.4) is 0 Å². The Bertz CT molecular complexity index is 262. The monoisotopic (exact) mass is 244 g/mol. The zero-order valence-electron chi connectivity index (χ0n) is 9.89. The Morgan fingerprint density at radius 2 is 1.65 bits per heavy atom. The van der Waals surface area contributed by atoms with Crippen LogP contribution in [0.25, 0.3) is 0 Å². The number of rotatable bonds is 3. The number of aliphatic hydroxyl groups is 1. The molecule has 0 bridgehead atoms. The maximum Gasteiger partial charge on any atom is 0.328 e. The number of hydrogen-bond acceptors (Lipinski definition) is 3. The molecule has 1 aliphatic heterocycles. The highest BCUT2D eigenvalue weighted by Crippen LogP contribution is 2.10. The SMILES string of the molecule is O=C(O)C(CO)NC(=O)N1CCCCCCC1. The minimum atomic E-state index is -1.21. The maximum atomic E-state index is 11.8. The summed E-state index contributed by atoms with van der Waals surface area (Å²) in [7, 11) is 0. The van der Waals surface area contributed by atoms with Gasteiger partial charge in [0.1, 0.15) is 0 Å². The molecule has 1 fully saturated rings. The summed E-state index contributed by atoms with van der Waals surface area (Å²) in [5.41, 5.74) is 0. The first-order chi connectivity index (χ1) is 8.15. The van der Waals surface area contributed by atoms with Crippen LogP contribution < -0.4 is 5.32 Å². The second-order valence-electron chi connectivity index (χ2n) is 4.28. The number of nitrogens with zero attached hydrogens (tertiary/aromatic N) is 1. The van der Waals surface area contributed by atoms with E-state index in [9.17, 15) is 9.59 Å². The van der Waals surface area contributed by atoms with Crippen LogP contribution in [0.4, 0.5) is 4.79 Å². The fourth-order valence-electron chi connectivity index (χ4n) is 1.88. The van der Waals surface area contributed by atoms with Gasteiger partial charge in [-0.3, -0.25) is 0 Å². The first-order valence-corrected chi connectivity index (χ1v) is 6.04. The van der Waals surface area contributed by atoms with Crippen molar-refractivity contribution in [1.82, 2.24) is 10.2 Å². The summed E-state index contributed by atoms with van der Waals surface area (Å²) in [6.07, 6.45) is 5.30. The molecule has 3 N–H and O–H groups in total. The Hall–Kier alpha value is -1.30. The minimum Gasteiger partial charge on any atom is -0.480 e. The fourth-order valence-corrected chi connectivity index (χ4v) is 1.88. The van der Waals surface area contributed by atoms with Crippen LogP contribution >= 0.6 is 0 Å². The van der Waals surface area contributed by atoms with Gasteiger partial charge in [-0.25, -0.2) is 9.59 Å². The van der Waals surface area contributed by atoms with E-state index < -0.39 is 24.6 Å². The van der Waals surface area contributed by atoms with Gasteiger partial charge >= 0.3 is 12.0 Å².